The van der Waals surface area contributed by atoms with Crippen LogP contribution < -0.4 is 5.73 Å². The predicted octanol–water partition coefficient (Wildman–Crippen LogP) is 4.15. The second-order valence-electron chi connectivity index (χ2n) is 3.77. The number of rotatable bonds is 1. The second kappa shape index (κ2) is 3.65. The Balaban J connectivity index is 2.25. The van der Waals surface area contributed by atoms with E-state index in [0.717, 1.165) is 5.69 Å². The van der Waals surface area contributed by atoms with Crippen molar-refractivity contribution in [1.82, 2.24) is 0 Å². The number of hydrogen-bond donors (Lipinski definition) is 1. The monoisotopic (exact) mass is 225 g/mol. The van der Waals surface area contributed by atoms with Crippen molar-refractivity contribution in [3.63, 3.8) is 0 Å². The van der Waals surface area contributed by atoms with Crippen LogP contribution in [0, 0.1) is 0 Å². The van der Waals surface area contributed by atoms with Crippen molar-refractivity contribution in [2.75, 3.05) is 5.73 Å². The van der Waals surface area contributed by atoms with Gasteiger partial charge in [0.15, 0.2) is 0 Å². The van der Waals surface area contributed by atoms with Crippen molar-refractivity contribution in [2.24, 2.45) is 0 Å². The van der Waals surface area contributed by atoms with Crippen LogP contribution in [-0.2, 0) is 0 Å². The highest BCUT2D eigenvalue weighted by molar-refractivity contribution is 7.17. The Hall–Kier alpha value is -1.80. The number of nitrogen functional groups attached to an aromatic ring is 1. The SMILES string of the molecule is Nc1cc(-c2ccccc2)cc2ccsc12. The summed E-state index contributed by atoms with van der Waals surface area (Å²) < 4.78 is 1.18. The lowest BCUT2D eigenvalue weighted by Gasteiger charge is -2.04. The Morgan fingerprint density at radius 1 is 0.875 bits per heavy atom. The first-order valence-electron chi connectivity index (χ1n) is 5.17. The van der Waals surface area contributed by atoms with Gasteiger partial charge in [0.05, 0.1) is 10.4 Å². The smallest absolute Gasteiger partial charge is 0.0572 e. The van der Waals surface area contributed by atoms with Crippen molar-refractivity contribution in [1.29, 1.82) is 0 Å². The topological polar surface area (TPSA) is 26.0 Å². The molecule has 0 saturated carbocycles. The van der Waals surface area contributed by atoms with Gasteiger partial charge in [0, 0.05) is 0 Å². The van der Waals surface area contributed by atoms with E-state index >= 15 is 0 Å². The minimum absolute atomic E-state index is 0.867. The van der Waals surface area contributed by atoms with E-state index in [-0.39, 0.29) is 0 Å². The molecule has 3 aromatic rings. The van der Waals surface area contributed by atoms with Crippen LogP contribution in [0.25, 0.3) is 21.2 Å². The first kappa shape index (κ1) is 9.43. The lowest BCUT2D eigenvalue weighted by atomic mass is 10.0. The van der Waals surface area contributed by atoms with Crippen LogP contribution in [0.3, 0.4) is 0 Å². The van der Waals surface area contributed by atoms with Crippen molar-refractivity contribution in [3.05, 3.63) is 53.9 Å². The Bertz CT molecular complexity index is 626. The molecule has 3 rings (SSSR count). The molecule has 1 aromatic heterocycles. The average molecular weight is 225 g/mol. The first-order chi connectivity index (χ1) is 7.84. The van der Waals surface area contributed by atoms with Crippen molar-refractivity contribution >= 4 is 27.1 Å². The van der Waals surface area contributed by atoms with E-state index in [0.29, 0.717) is 0 Å². The first-order valence-corrected chi connectivity index (χ1v) is 6.05. The van der Waals surface area contributed by atoms with E-state index in [1.807, 2.05) is 24.3 Å². The lowest BCUT2D eigenvalue weighted by molar-refractivity contribution is 1.65. The molecular formula is C14H11NS. The van der Waals surface area contributed by atoms with E-state index in [4.69, 9.17) is 5.73 Å². The Morgan fingerprint density at radius 2 is 1.69 bits per heavy atom. The van der Waals surface area contributed by atoms with Crippen LogP contribution in [0.2, 0.25) is 0 Å². The van der Waals surface area contributed by atoms with Crippen LogP contribution >= 0.6 is 11.3 Å². The normalized spacial score (nSPS) is 10.8. The van der Waals surface area contributed by atoms with Gasteiger partial charge in [-0.05, 0) is 40.1 Å². The van der Waals surface area contributed by atoms with Gasteiger partial charge in [-0.2, -0.15) is 0 Å². The maximum absolute atomic E-state index is 6.05. The number of anilines is 1. The van der Waals surface area contributed by atoms with Gasteiger partial charge >= 0.3 is 0 Å². The fourth-order valence-electron chi connectivity index (χ4n) is 1.91. The third-order valence-electron chi connectivity index (χ3n) is 2.69. The molecule has 0 amide bonds. The number of nitrogens with two attached hydrogens (primary N) is 1. The van der Waals surface area contributed by atoms with Gasteiger partial charge in [-0.1, -0.05) is 30.3 Å². The summed E-state index contributed by atoms with van der Waals surface area (Å²) in [5.74, 6) is 0. The molecule has 0 atom stereocenters. The molecule has 1 heterocycles. The Morgan fingerprint density at radius 3 is 2.50 bits per heavy atom. The number of fused-ring (bicyclic) bond motifs is 1. The molecule has 78 valence electrons. The molecule has 0 unspecified atom stereocenters. The highest BCUT2D eigenvalue weighted by Gasteiger charge is 2.03. The largest absolute Gasteiger partial charge is 0.398 e. The molecule has 16 heavy (non-hydrogen) atoms. The Labute approximate surface area is 98.2 Å². The lowest BCUT2D eigenvalue weighted by Crippen LogP contribution is -1.86. The van der Waals surface area contributed by atoms with Gasteiger partial charge in [0.1, 0.15) is 0 Å². The van der Waals surface area contributed by atoms with Gasteiger partial charge in [-0.3, -0.25) is 0 Å². The summed E-state index contributed by atoms with van der Waals surface area (Å²) in [7, 11) is 0. The van der Waals surface area contributed by atoms with E-state index in [1.165, 1.54) is 21.2 Å². The standard InChI is InChI=1S/C14H11NS/c15-13-9-12(10-4-2-1-3-5-10)8-11-6-7-16-14(11)13/h1-9H,15H2. The van der Waals surface area contributed by atoms with Crippen LogP contribution in [0.15, 0.2) is 53.9 Å². The summed E-state index contributed by atoms with van der Waals surface area (Å²) in [6.45, 7) is 0. The molecule has 2 aromatic carbocycles. The summed E-state index contributed by atoms with van der Waals surface area (Å²) in [5.41, 5.74) is 9.31. The summed E-state index contributed by atoms with van der Waals surface area (Å²) in [6, 6.07) is 16.7. The Kier molecular flexibility index (Phi) is 2.15. The van der Waals surface area contributed by atoms with Crippen LogP contribution in [0.1, 0.15) is 0 Å². The van der Waals surface area contributed by atoms with Crippen LogP contribution in [0.5, 0.6) is 0 Å². The zero-order chi connectivity index (χ0) is 11.0. The van der Waals surface area contributed by atoms with Crippen LogP contribution in [0.4, 0.5) is 5.69 Å². The fourth-order valence-corrected chi connectivity index (χ4v) is 2.72. The number of thiophene rings is 1. The summed E-state index contributed by atoms with van der Waals surface area (Å²) in [4.78, 5) is 0. The zero-order valence-corrected chi connectivity index (χ0v) is 9.50. The van der Waals surface area contributed by atoms with E-state index in [2.05, 4.69) is 29.6 Å². The van der Waals surface area contributed by atoms with Crippen molar-refractivity contribution in [2.45, 2.75) is 0 Å². The van der Waals surface area contributed by atoms with Crippen LogP contribution in [-0.4, -0.2) is 0 Å². The van der Waals surface area contributed by atoms with Gasteiger partial charge in [-0.25, -0.2) is 0 Å². The van der Waals surface area contributed by atoms with Crippen molar-refractivity contribution < 1.29 is 0 Å². The van der Waals surface area contributed by atoms with E-state index < -0.39 is 0 Å². The minimum atomic E-state index is 0.867. The summed E-state index contributed by atoms with van der Waals surface area (Å²) in [6.07, 6.45) is 0. The van der Waals surface area contributed by atoms with Gasteiger partial charge in [0.25, 0.3) is 0 Å². The minimum Gasteiger partial charge on any atom is -0.398 e. The molecule has 2 heteroatoms. The predicted molar refractivity (Wildman–Crippen MR) is 71.7 cm³/mol. The summed E-state index contributed by atoms with van der Waals surface area (Å²) in [5, 5.41) is 3.30. The second-order valence-corrected chi connectivity index (χ2v) is 4.69. The molecular weight excluding hydrogens is 214 g/mol. The maximum Gasteiger partial charge on any atom is 0.0572 e. The molecule has 0 aliphatic rings. The maximum atomic E-state index is 6.05. The van der Waals surface area contributed by atoms with Gasteiger partial charge < -0.3 is 5.73 Å². The molecule has 0 fully saturated rings. The number of benzene rings is 2. The van der Waals surface area contributed by atoms with Gasteiger partial charge in [-0.15, -0.1) is 11.3 Å². The quantitative estimate of drug-likeness (QED) is 0.618. The number of hydrogen-bond acceptors (Lipinski definition) is 2. The summed E-state index contributed by atoms with van der Waals surface area (Å²) >= 11 is 1.69. The molecule has 0 aliphatic heterocycles. The molecule has 0 bridgehead atoms. The van der Waals surface area contributed by atoms with Crippen molar-refractivity contribution in [3.8, 4) is 11.1 Å². The molecule has 0 aliphatic carbocycles. The van der Waals surface area contributed by atoms with E-state index in [1.54, 1.807) is 11.3 Å². The zero-order valence-electron chi connectivity index (χ0n) is 8.68. The molecule has 2 N–H and O–H groups in total. The third-order valence-corrected chi connectivity index (χ3v) is 3.67. The third kappa shape index (κ3) is 1.48. The molecule has 0 radical (unpaired) electrons. The van der Waals surface area contributed by atoms with E-state index in [9.17, 15) is 0 Å². The molecule has 0 spiro atoms. The van der Waals surface area contributed by atoms with Gasteiger partial charge in [0.2, 0.25) is 0 Å². The fraction of sp³-hybridized carbons (Fsp3) is 0. The molecule has 1 nitrogen and oxygen atoms in total. The highest BCUT2D eigenvalue weighted by atomic mass is 32.1. The highest BCUT2D eigenvalue weighted by Crippen LogP contribution is 2.32. The molecule has 0 saturated heterocycles. The average Bonchev–Trinajstić information content (AvgIpc) is 2.79.